The van der Waals surface area contributed by atoms with Crippen LogP contribution in [0.1, 0.15) is 66.2 Å². The molecule has 5 N–H and O–H groups in total. The Balaban J connectivity index is 2.14. The zero-order valence-corrected chi connectivity index (χ0v) is 21.0. The van der Waals surface area contributed by atoms with Crippen LogP contribution in [-0.4, -0.2) is 71.3 Å². The largest absolute Gasteiger partial charge is 0.408 e. The average molecular weight is 520 g/mol. The molecule has 4 atom stereocenters. The minimum Gasteiger partial charge on any atom is -0.363 e. The van der Waals surface area contributed by atoms with Gasteiger partial charge in [-0.2, -0.15) is 13.2 Å². The highest BCUT2D eigenvalue weighted by Crippen LogP contribution is 2.31. The predicted molar refractivity (Wildman–Crippen MR) is 123 cm³/mol. The third-order valence-corrected chi connectivity index (χ3v) is 6.74. The number of carbonyl (C=O) groups excluding carboxylic acids is 5. The lowest BCUT2D eigenvalue weighted by Crippen LogP contribution is -2.61. The zero-order valence-electron chi connectivity index (χ0n) is 21.0. The van der Waals surface area contributed by atoms with E-state index in [2.05, 4.69) is 10.6 Å². The number of Topliss-reactive ketones (excluding diaryl/α,β-unsaturated/α-hetero) is 1. The number of carbonyl (C=O) groups is 5. The Hall–Kier alpha value is -2.86. The Kier molecular flexibility index (Phi) is 9.35. The van der Waals surface area contributed by atoms with Gasteiger partial charge in [-0.15, -0.1) is 0 Å². The molecule has 0 radical (unpaired) electrons. The molecule has 1 aliphatic heterocycles. The van der Waals surface area contributed by atoms with Gasteiger partial charge < -0.3 is 26.6 Å². The number of primary amides is 1. The molecule has 4 unspecified atom stereocenters. The van der Waals surface area contributed by atoms with Crippen LogP contribution in [0.15, 0.2) is 0 Å². The highest BCUT2D eigenvalue weighted by atomic mass is 19.4. The molecule has 0 bridgehead atoms. The van der Waals surface area contributed by atoms with E-state index in [4.69, 9.17) is 5.73 Å². The van der Waals surface area contributed by atoms with Crippen LogP contribution < -0.4 is 21.7 Å². The molecule has 0 spiro atoms. The zero-order chi connectivity index (χ0) is 27.4. The number of nitrogens with zero attached hydrogens (tertiary/aromatic N) is 1. The predicted octanol–water partition coefficient (Wildman–Crippen LogP) is 1.37. The van der Waals surface area contributed by atoms with E-state index in [9.17, 15) is 37.1 Å². The molecule has 204 valence electrons. The highest BCUT2D eigenvalue weighted by molar-refractivity contribution is 6.37. The number of hydrogen-bond acceptors (Lipinski definition) is 5. The quantitative estimate of drug-likeness (QED) is 0.339. The molecular weight excluding hydrogens is 483 g/mol. The van der Waals surface area contributed by atoms with Gasteiger partial charge in [-0.3, -0.25) is 19.2 Å². The number of urea groups is 1. The number of likely N-dealkylation sites (tertiary alicyclic amines) is 1. The standard InChI is InChI=1S/C23H36F3N5O5/c1-12(23(24,25)26)28-21(36)30-17(22(2,3)4)20(35)31-10-6-9-15(31)19(34)29-14(16(32)18(27)33)11-13-7-5-8-13/h12-15,17H,5-11H2,1-4H3,(H2,27,33)(H,29,34)(H2,28,30,36). The maximum atomic E-state index is 13.4. The molecule has 0 aromatic rings. The van der Waals surface area contributed by atoms with E-state index in [1.54, 1.807) is 26.1 Å². The molecular formula is C23H36F3N5O5. The molecule has 10 nitrogen and oxygen atoms in total. The Labute approximate surface area is 208 Å². The van der Waals surface area contributed by atoms with Gasteiger partial charge in [-0.05, 0) is 37.5 Å². The van der Waals surface area contributed by atoms with Crippen molar-refractivity contribution >= 4 is 29.5 Å². The number of nitrogens with two attached hydrogens (primary N) is 1. The van der Waals surface area contributed by atoms with E-state index in [-0.39, 0.29) is 25.3 Å². The van der Waals surface area contributed by atoms with Crippen LogP contribution >= 0.6 is 0 Å². The second kappa shape index (κ2) is 11.5. The second-order valence-corrected chi connectivity index (χ2v) is 10.7. The third kappa shape index (κ3) is 7.57. The fraction of sp³-hybridized carbons (Fsp3) is 0.783. The summed E-state index contributed by atoms with van der Waals surface area (Å²) in [7, 11) is 0. The normalized spacial score (nSPS) is 21.1. The first kappa shape index (κ1) is 29.4. The van der Waals surface area contributed by atoms with Gasteiger partial charge in [0.2, 0.25) is 17.6 Å². The van der Waals surface area contributed by atoms with Crippen LogP contribution in [0.3, 0.4) is 0 Å². The maximum Gasteiger partial charge on any atom is 0.408 e. The smallest absolute Gasteiger partial charge is 0.363 e. The molecule has 5 amide bonds. The first-order chi connectivity index (χ1) is 16.5. The molecule has 36 heavy (non-hydrogen) atoms. The second-order valence-electron chi connectivity index (χ2n) is 10.7. The minimum absolute atomic E-state index is 0.183. The summed E-state index contributed by atoms with van der Waals surface area (Å²) in [6, 6.07) is -6.59. The summed E-state index contributed by atoms with van der Waals surface area (Å²) in [5.74, 6) is -3.13. The van der Waals surface area contributed by atoms with E-state index in [1.807, 2.05) is 0 Å². The van der Waals surface area contributed by atoms with Gasteiger partial charge in [0.15, 0.2) is 0 Å². The van der Waals surface area contributed by atoms with Crippen molar-refractivity contribution in [1.82, 2.24) is 20.9 Å². The molecule has 1 aliphatic carbocycles. The van der Waals surface area contributed by atoms with Crippen molar-refractivity contribution in [3.8, 4) is 0 Å². The van der Waals surface area contributed by atoms with Crippen molar-refractivity contribution in [2.24, 2.45) is 17.1 Å². The molecule has 0 aromatic heterocycles. The first-order valence-corrected chi connectivity index (χ1v) is 12.1. The van der Waals surface area contributed by atoms with E-state index in [1.165, 1.54) is 4.90 Å². The van der Waals surface area contributed by atoms with Crippen molar-refractivity contribution < 1.29 is 37.1 Å². The summed E-state index contributed by atoms with van der Waals surface area (Å²) in [4.78, 5) is 63.8. The van der Waals surface area contributed by atoms with Crippen LogP contribution in [0.25, 0.3) is 0 Å². The minimum atomic E-state index is -4.66. The first-order valence-electron chi connectivity index (χ1n) is 12.1. The van der Waals surface area contributed by atoms with Gasteiger partial charge in [-0.1, -0.05) is 40.0 Å². The van der Waals surface area contributed by atoms with E-state index >= 15 is 0 Å². The van der Waals surface area contributed by atoms with Gasteiger partial charge in [0, 0.05) is 6.54 Å². The average Bonchev–Trinajstić information content (AvgIpc) is 3.21. The summed E-state index contributed by atoms with van der Waals surface area (Å²) in [6.07, 6.45) is -0.882. The fourth-order valence-corrected chi connectivity index (χ4v) is 4.30. The Morgan fingerprint density at radius 3 is 2.06 bits per heavy atom. The summed E-state index contributed by atoms with van der Waals surface area (Å²) < 4.78 is 38.5. The van der Waals surface area contributed by atoms with Crippen molar-refractivity contribution in [2.45, 2.75) is 96.6 Å². The van der Waals surface area contributed by atoms with E-state index < -0.39 is 65.3 Å². The Bertz CT molecular complexity index is 869. The number of amides is 5. The number of nitrogens with one attached hydrogen (secondary N) is 3. The van der Waals surface area contributed by atoms with Crippen LogP contribution in [0.2, 0.25) is 0 Å². The van der Waals surface area contributed by atoms with Crippen LogP contribution in [-0.2, 0) is 19.2 Å². The molecule has 2 rings (SSSR count). The van der Waals surface area contributed by atoms with E-state index in [0.717, 1.165) is 26.2 Å². The molecule has 0 aromatic carbocycles. The highest BCUT2D eigenvalue weighted by Gasteiger charge is 2.44. The van der Waals surface area contributed by atoms with Gasteiger partial charge in [0.1, 0.15) is 18.1 Å². The van der Waals surface area contributed by atoms with Crippen LogP contribution in [0.4, 0.5) is 18.0 Å². The van der Waals surface area contributed by atoms with E-state index in [0.29, 0.717) is 6.42 Å². The lowest BCUT2D eigenvalue weighted by molar-refractivity contribution is -0.149. The number of hydrogen-bond donors (Lipinski definition) is 4. The molecule has 1 saturated carbocycles. The Morgan fingerprint density at radius 1 is 0.972 bits per heavy atom. The van der Waals surface area contributed by atoms with Gasteiger partial charge in [0.05, 0.1) is 6.04 Å². The molecule has 2 aliphatic rings. The van der Waals surface area contributed by atoms with Crippen molar-refractivity contribution in [3.05, 3.63) is 0 Å². The third-order valence-electron chi connectivity index (χ3n) is 6.74. The fourth-order valence-electron chi connectivity index (χ4n) is 4.30. The van der Waals surface area contributed by atoms with Gasteiger partial charge >= 0.3 is 12.2 Å². The SMILES string of the molecule is CC(NC(=O)NC(C(=O)N1CCCC1C(=O)NC(CC1CCC1)C(=O)C(N)=O)C(C)(C)C)C(F)(F)F. The number of rotatable bonds is 9. The number of halogens is 3. The summed E-state index contributed by atoms with van der Waals surface area (Å²) >= 11 is 0. The monoisotopic (exact) mass is 519 g/mol. The van der Waals surface area contributed by atoms with Gasteiger partial charge in [-0.25, -0.2) is 4.79 Å². The van der Waals surface area contributed by atoms with Gasteiger partial charge in [0.25, 0.3) is 5.91 Å². The number of alkyl halides is 3. The molecule has 2 fully saturated rings. The van der Waals surface area contributed by atoms with Crippen molar-refractivity contribution in [2.75, 3.05) is 6.54 Å². The molecule has 13 heteroatoms. The topological polar surface area (TPSA) is 151 Å². The van der Waals surface area contributed by atoms with Crippen molar-refractivity contribution in [3.63, 3.8) is 0 Å². The lowest BCUT2D eigenvalue weighted by atomic mass is 9.80. The maximum absolute atomic E-state index is 13.4. The van der Waals surface area contributed by atoms with Crippen LogP contribution in [0.5, 0.6) is 0 Å². The van der Waals surface area contributed by atoms with Crippen LogP contribution in [0, 0.1) is 11.3 Å². The molecule has 1 heterocycles. The summed E-state index contributed by atoms with van der Waals surface area (Å²) in [5.41, 5.74) is 4.26. The molecule has 1 saturated heterocycles. The summed E-state index contributed by atoms with van der Waals surface area (Å²) in [6.45, 7) is 5.86. The van der Waals surface area contributed by atoms with Crippen molar-refractivity contribution in [1.29, 1.82) is 0 Å². The summed E-state index contributed by atoms with van der Waals surface area (Å²) in [5, 5.41) is 6.67. The Morgan fingerprint density at radius 2 is 1.58 bits per heavy atom. The lowest BCUT2D eigenvalue weighted by Gasteiger charge is -2.36. The number of ketones is 1.